The topological polar surface area (TPSA) is 66.5 Å². The normalized spacial score (nSPS) is 12.2. The summed E-state index contributed by atoms with van der Waals surface area (Å²) in [6.07, 6.45) is 0.700. The van der Waals surface area contributed by atoms with Crippen molar-refractivity contribution >= 4 is 21.6 Å². The van der Waals surface area contributed by atoms with E-state index in [0.717, 1.165) is 22.3 Å². The lowest BCUT2D eigenvalue weighted by molar-refractivity contribution is -0.120. The van der Waals surface area contributed by atoms with Gasteiger partial charge in [0.05, 0.1) is 16.6 Å². The van der Waals surface area contributed by atoms with E-state index in [9.17, 15) is 13.2 Å². The third-order valence-corrected chi connectivity index (χ3v) is 7.24. The molecule has 3 rings (SSSR count). The van der Waals surface area contributed by atoms with Crippen LogP contribution in [0.3, 0.4) is 0 Å². The molecule has 168 valence electrons. The van der Waals surface area contributed by atoms with Gasteiger partial charge in [-0.15, -0.1) is 0 Å². The second kappa shape index (κ2) is 10.0. The summed E-state index contributed by atoms with van der Waals surface area (Å²) in [5, 5.41) is 3.04. The summed E-state index contributed by atoms with van der Waals surface area (Å²) in [6, 6.07) is 21.3. The Morgan fingerprint density at radius 3 is 2.22 bits per heavy atom. The number of benzene rings is 3. The zero-order chi connectivity index (χ0) is 23.3. The van der Waals surface area contributed by atoms with E-state index < -0.39 is 10.0 Å². The van der Waals surface area contributed by atoms with Crippen LogP contribution in [0.25, 0.3) is 0 Å². The van der Waals surface area contributed by atoms with Crippen LogP contribution in [0.15, 0.2) is 77.7 Å². The van der Waals surface area contributed by atoms with Crippen LogP contribution in [0, 0.1) is 20.8 Å². The van der Waals surface area contributed by atoms with Crippen molar-refractivity contribution in [2.45, 2.75) is 45.1 Å². The maximum absolute atomic E-state index is 13.4. The second-order valence-corrected chi connectivity index (χ2v) is 9.91. The number of carbonyl (C=O) groups excluding carboxylic acids is 1. The van der Waals surface area contributed by atoms with Gasteiger partial charge in [0.1, 0.15) is 6.54 Å². The van der Waals surface area contributed by atoms with Gasteiger partial charge in [0.15, 0.2) is 0 Å². The third kappa shape index (κ3) is 5.37. The fourth-order valence-corrected chi connectivity index (χ4v) is 5.24. The Bertz CT molecular complexity index is 1190. The molecule has 0 bridgehead atoms. The molecule has 5 nitrogen and oxygen atoms in total. The first kappa shape index (κ1) is 23.5. The fourth-order valence-electron chi connectivity index (χ4n) is 3.80. The van der Waals surface area contributed by atoms with Crippen LogP contribution in [0.1, 0.15) is 41.6 Å². The quantitative estimate of drug-likeness (QED) is 0.521. The van der Waals surface area contributed by atoms with E-state index in [1.807, 2.05) is 45.9 Å². The number of sulfonamides is 1. The van der Waals surface area contributed by atoms with Gasteiger partial charge in [0, 0.05) is 0 Å². The SMILES string of the molecule is CCC(NC(=O)CN(c1cccc(C)c1)S(=O)(=O)c1ccccc1)c1ccc(C)cc1C. The number of carbonyl (C=O) groups is 1. The highest BCUT2D eigenvalue weighted by atomic mass is 32.2. The fraction of sp³-hybridized carbons (Fsp3) is 0.269. The van der Waals surface area contributed by atoms with Gasteiger partial charge in [0.25, 0.3) is 10.0 Å². The Kier molecular flexibility index (Phi) is 7.36. The molecule has 0 radical (unpaired) electrons. The maximum atomic E-state index is 13.4. The van der Waals surface area contributed by atoms with Crippen LogP contribution in [0.2, 0.25) is 0 Å². The van der Waals surface area contributed by atoms with Crippen molar-refractivity contribution < 1.29 is 13.2 Å². The van der Waals surface area contributed by atoms with E-state index in [4.69, 9.17) is 0 Å². The van der Waals surface area contributed by atoms with E-state index in [-0.39, 0.29) is 23.4 Å². The van der Waals surface area contributed by atoms with Crippen LogP contribution < -0.4 is 9.62 Å². The number of nitrogens with zero attached hydrogens (tertiary/aromatic N) is 1. The predicted octanol–water partition coefficient (Wildman–Crippen LogP) is 5.07. The Labute approximate surface area is 191 Å². The van der Waals surface area contributed by atoms with E-state index in [2.05, 4.69) is 11.4 Å². The maximum Gasteiger partial charge on any atom is 0.264 e. The first-order valence-corrected chi connectivity index (χ1v) is 12.2. The standard InChI is InChI=1S/C26H30N2O3S/c1-5-25(24-15-14-20(3)16-21(24)4)27-26(29)18-28(22-11-9-10-19(2)17-22)32(30,31)23-12-7-6-8-13-23/h6-17,25H,5,18H2,1-4H3,(H,27,29). The molecule has 0 saturated carbocycles. The van der Waals surface area contributed by atoms with Crippen LogP contribution in [0.5, 0.6) is 0 Å². The van der Waals surface area contributed by atoms with Gasteiger partial charge in [-0.3, -0.25) is 9.10 Å². The predicted molar refractivity (Wildman–Crippen MR) is 129 cm³/mol. The van der Waals surface area contributed by atoms with Crippen molar-refractivity contribution in [1.29, 1.82) is 0 Å². The van der Waals surface area contributed by atoms with E-state index in [0.29, 0.717) is 12.1 Å². The van der Waals surface area contributed by atoms with Gasteiger partial charge in [-0.2, -0.15) is 0 Å². The lowest BCUT2D eigenvalue weighted by Gasteiger charge is -2.26. The number of nitrogens with one attached hydrogen (secondary N) is 1. The molecule has 3 aromatic carbocycles. The summed E-state index contributed by atoms with van der Waals surface area (Å²) in [5.74, 6) is -0.349. The summed E-state index contributed by atoms with van der Waals surface area (Å²) in [5.41, 5.74) is 4.68. The van der Waals surface area contributed by atoms with Crippen molar-refractivity contribution in [3.8, 4) is 0 Å². The molecule has 1 unspecified atom stereocenters. The van der Waals surface area contributed by atoms with Crippen molar-refractivity contribution in [3.63, 3.8) is 0 Å². The molecular formula is C26H30N2O3S. The number of amides is 1. The monoisotopic (exact) mass is 450 g/mol. The molecule has 1 amide bonds. The molecule has 6 heteroatoms. The molecule has 0 spiro atoms. The number of hydrogen-bond acceptors (Lipinski definition) is 3. The summed E-state index contributed by atoms with van der Waals surface area (Å²) in [7, 11) is -3.91. The Hall–Kier alpha value is -3.12. The van der Waals surface area contributed by atoms with Crippen molar-refractivity contribution in [3.05, 3.63) is 95.1 Å². The van der Waals surface area contributed by atoms with Gasteiger partial charge in [-0.25, -0.2) is 8.42 Å². The van der Waals surface area contributed by atoms with Crippen LogP contribution in [0.4, 0.5) is 5.69 Å². The summed E-state index contributed by atoms with van der Waals surface area (Å²) < 4.78 is 28.1. The van der Waals surface area contributed by atoms with Crippen LogP contribution >= 0.6 is 0 Å². The second-order valence-electron chi connectivity index (χ2n) is 8.05. The molecule has 0 heterocycles. The van der Waals surface area contributed by atoms with Crippen molar-refractivity contribution in [1.82, 2.24) is 5.32 Å². The molecule has 1 N–H and O–H groups in total. The zero-order valence-corrected chi connectivity index (χ0v) is 19.8. The summed E-state index contributed by atoms with van der Waals surface area (Å²) in [4.78, 5) is 13.2. The highest BCUT2D eigenvalue weighted by molar-refractivity contribution is 7.92. The first-order chi connectivity index (χ1) is 15.2. The average Bonchev–Trinajstić information content (AvgIpc) is 2.76. The minimum absolute atomic E-state index is 0.149. The molecule has 0 aromatic heterocycles. The average molecular weight is 451 g/mol. The van der Waals surface area contributed by atoms with Crippen LogP contribution in [-0.2, 0) is 14.8 Å². The Morgan fingerprint density at radius 1 is 0.906 bits per heavy atom. The van der Waals surface area contributed by atoms with Gasteiger partial charge in [-0.1, -0.05) is 61.0 Å². The molecule has 3 aromatic rings. The van der Waals surface area contributed by atoms with E-state index in [1.165, 1.54) is 4.31 Å². The molecule has 0 fully saturated rings. The van der Waals surface area contributed by atoms with Gasteiger partial charge in [0.2, 0.25) is 5.91 Å². The molecule has 0 aliphatic rings. The Morgan fingerprint density at radius 2 is 1.59 bits per heavy atom. The summed E-state index contributed by atoms with van der Waals surface area (Å²) in [6.45, 7) is 7.65. The number of aryl methyl sites for hydroxylation is 3. The number of hydrogen-bond donors (Lipinski definition) is 1. The van der Waals surface area contributed by atoms with Gasteiger partial charge < -0.3 is 5.32 Å². The molecule has 32 heavy (non-hydrogen) atoms. The lowest BCUT2D eigenvalue weighted by atomic mass is 9.97. The molecule has 1 atom stereocenters. The van der Waals surface area contributed by atoms with E-state index in [1.54, 1.807) is 48.5 Å². The molecule has 0 saturated heterocycles. The minimum atomic E-state index is -3.91. The number of rotatable bonds is 8. The van der Waals surface area contributed by atoms with Gasteiger partial charge >= 0.3 is 0 Å². The number of anilines is 1. The van der Waals surface area contributed by atoms with Crippen LogP contribution in [-0.4, -0.2) is 20.9 Å². The highest BCUT2D eigenvalue weighted by Crippen LogP contribution is 2.25. The van der Waals surface area contributed by atoms with E-state index >= 15 is 0 Å². The Balaban J connectivity index is 1.91. The molecular weight excluding hydrogens is 420 g/mol. The largest absolute Gasteiger partial charge is 0.348 e. The zero-order valence-electron chi connectivity index (χ0n) is 19.0. The molecule has 0 aliphatic heterocycles. The highest BCUT2D eigenvalue weighted by Gasteiger charge is 2.28. The molecule has 0 aliphatic carbocycles. The first-order valence-electron chi connectivity index (χ1n) is 10.7. The smallest absolute Gasteiger partial charge is 0.264 e. The van der Waals surface area contributed by atoms with Crippen molar-refractivity contribution in [2.75, 3.05) is 10.8 Å². The van der Waals surface area contributed by atoms with Crippen molar-refractivity contribution in [2.24, 2.45) is 0 Å². The minimum Gasteiger partial charge on any atom is -0.348 e. The van der Waals surface area contributed by atoms with Gasteiger partial charge in [-0.05, 0) is 68.1 Å². The lowest BCUT2D eigenvalue weighted by Crippen LogP contribution is -2.42. The summed E-state index contributed by atoms with van der Waals surface area (Å²) >= 11 is 0. The third-order valence-electron chi connectivity index (χ3n) is 5.45.